The number of esters is 1. The van der Waals surface area contributed by atoms with Gasteiger partial charge in [0.2, 0.25) is 0 Å². The number of hydrogen-bond donors (Lipinski definition) is 0. The van der Waals surface area contributed by atoms with Crippen LogP contribution in [0.25, 0.3) is 5.57 Å². The Morgan fingerprint density at radius 1 is 0.868 bits per heavy atom. The highest BCUT2D eigenvalue weighted by molar-refractivity contribution is 6.24. The van der Waals surface area contributed by atoms with Gasteiger partial charge < -0.3 is 14.4 Å². The van der Waals surface area contributed by atoms with Crippen molar-refractivity contribution in [2.24, 2.45) is 4.99 Å². The van der Waals surface area contributed by atoms with Crippen LogP contribution >= 0.6 is 0 Å². The van der Waals surface area contributed by atoms with Crippen molar-refractivity contribution in [2.75, 3.05) is 32.7 Å². The Balaban J connectivity index is 1.27. The number of carbonyl (C=O) groups excluding carboxylic acids is 1. The SMILES string of the molecule is CC(C)OC(=O)C1=C(c2ccccc2)CCN=C1N1CCN(Cc2cccc(Oc3ccccc3)c2)CC1. The molecule has 1 saturated heterocycles. The van der Waals surface area contributed by atoms with Gasteiger partial charge in [0.05, 0.1) is 6.10 Å². The highest BCUT2D eigenvalue weighted by Gasteiger charge is 2.32. The molecule has 5 rings (SSSR count). The van der Waals surface area contributed by atoms with Crippen molar-refractivity contribution in [3.05, 3.63) is 102 Å². The van der Waals surface area contributed by atoms with E-state index >= 15 is 0 Å². The first-order valence-electron chi connectivity index (χ1n) is 13.4. The molecule has 0 bridgehead atoms. The van der Waals surface area contributed by atoms with Crippen molar-refractivity contribution in [2.45, 2.75) is 32.9 Å². The molecule has 6 heteroatoms. The first-order valence-corrected chi connectivity index (χ1v) is 13.4. The van der Waals surface area contributed by atoms with Crippen LogP contribution < -0.4 is 4.74 Å². The molecule has 0 N–H and O–H groups in total. The van der Waals surface area contributed by atoms with Crippen molar-refractivity contribution in [3.8, 4) is 11.5 Å². The summed E-state index contributed by atoms with van der Waals surface area (Å²) in [5, 5.41) is 0. The molecule has 196 valence electrons. The van der Waals surface area contributed by atoms with Gasteiger partial charge in [-0.1, -0.05) is 60.7 Å². The Morgan fingerprint density at radius 2 is 1.55 bits per heavy atom. The smallest absolute Gasteiger partial charge is 0.342 e. The number of para-hydroxylation sites is 1. The molecule has 0 amide bonds. The van der Waals surface area contributed by atoms with Crippen molar-refractivity contribution in [1.82, 2.24) is 9.80 Å². The molecule has 0 saturated carbocycles. The Kier molecular flexibility index (Phi) is 8.19. The van der Waals surface area contributed by atoms with Crippen molar-refractivity contribution >= 4 is 17.4 Å². The Labute approximate surface area is 225 Å². The second-order valence-corrected chi connectivity index (χ2v) is 9.95. The summed E-state index contributed by atoms with van der Waals surface area (Å²) in [5.74, 6) is 2.17. The summed E-state index contributed by atoms with van der Waals surface area (Å²) >= 11 is 0. The van der Waals surface area contributed by atoms with Gasteiger partial charge in [0, 0.05) is 39.3 Å². The fraction of sp³-hybridized carbons (Fsp3) is 0.312. The molecule has 0 spiro atoms. The number of ether oxygens (including phenoxy) is 2. The minimum atomic E-state index is -0.282. The molecule has 2 heterocycles. The average molecular weight is 510 g/mol. The van der Waals surface area contributed by atoms with Crippen LogP contribution in [0.2, 0.25) is 0 Å². The molecule has 3 aromatic carbocycles. The number of dihydropyridines is 1. The number of piperazine rings is 1. The van der Waals surface area contributed by atoms with Crippen LogP contribution in [0.3, 0.4) is 0 Å². The van der Waals surface area contributed by atoms with E-state index in [0.29, 0.717) is 12.1 Å². The third kappa shape index (κ3) is 6.32. The molecular formula is C32H35N3O3. The van der Waals surface area contributed by atoms with Gasteiger partial charge in [-0.25, -0.2) is 4.79 Å². The maximum atomic E-state index is 13.3. The fourth-order valence-corrected chi connectivity index (χ4v) is 4.99. The third-order valence-electron chi connectivity index (χ3n) is 6.77. The van der Waals surface area contributed by atoms with Crippen molar-refractivity contribution < 1.29 is 14.3 Å². The Hall–Kier alpha value is -3.90. The molecule has 0 unspecified atom stereocenters. The van der Waals surface area contributed by atoms with Gasteiger partial charge in [0.1, 0.15) is 22.9 Å². The van der Waals surface area contributed by atoms with E-state index < -0.39 is 0 Å². The zero-order valence-electron chi connectivity index (χ0n) is 22.2. The maximum absolute atomic E-state index is 13.3. The molecule has 6 nitrogen and oxygen atoms in total. The van der Waals surface area contributed by atoms with Crippen LogP contribution in [-0.2, 0) is 16.1 Å². The van der Waals surface area contributed by atoms with E-state index in [9.17, 15) is 4.79 Å². The van der Waals surface area contributed by atoms with Crippen LogP contribution in [0.1, 0.15) is 31.4 Å². The highest BCUT2D eigenvalue weighted by Crippen LogP contribution is 2.30. The van der Waals surface area contributed by atoms with E-state index in [0.717, 1.165) is 67.6 Å². The molecule has 0 aliphatic carbocycles. The summed E-state index contributed by atoms with van der Waals surface area (Å²) in [6.07, 6.45) is 0.547. The first kappa shape index (κ1) is 25.7. The summed E-state index contributed by atoms with van der Waals surface area (Å²) in [6.45, 7) is 8.68. The zero-order chi connectivity index (χ0) is 26.3. The summed E-state index contributed by atoms with van der Waals surface area (Å²) in [4.78, 5) is 22.8. The molecule has 2 aliphatic heterocycles. The van der Waals surface area contributed by atoms with Gasteiger partial charge in [-0.15, -0.1) is 0 Å². The van der Waals surface area contributed by atoms with Gasteiger partial charge in [-0.3, -0.25) is 9.89 Å². The molecule has 1 fully saturated rings. The van der Waals surface area contributed by atoms with E-state index in [4.69, 9.17) is 14.5 Å². The van der Waals surface area contributed by atoms with Gasteiger partial charge in [-0.05, 0) is 61.2 Å². The van der Waals surface area contributed by atoms with E-state index in [-0.39, 0.29) is 12.1 Å². The molecule has 0 radical (unpaired) electrons. The largest absolute Gasteiger partial charge is 0.459 e. The molecule has 0 atom stereocenters. The lowest BCUT2D eigenvalue weighted by Crippen LogP contribution is -2.50. The second-order valence-electron chi connectivity index (χ2n) is 9.95. The minimum absolute atomic E-state index is 0.186. The van der Waals surface area contributed by atoms with Crippen molar-refractivity contribution in [1.29, 1.82) is 0 Å². The normalized spacial score (nSPS) is 16.4. The molecular weight excluding hydrogens is 474 g/mol. The van der Waals surface area contributed by atoms with Gasteiger partial charge in [0.25, 0.3) is 0 Å². The standard InChI is InChI=1S/C32H35N3O3/c1-24(2)37-32(36)30-29(26-11-5-3-6-12-26)16-17-33-31(30)35-20-18-34(19-21-35)23-25-10-9-15-28(22-25)38-27-13-7-4-8-14-27/h3-15,22,24H,16-21,23H2,1-2H3. The van der Waals surface area contributed by atoms with Crippen LogP contribution in [0.4, 0.5) is 0 Å². The first-order chi connectivity index (χ1) is 18.6. The summed E-state index contributed by atoms with van der Waals surface area (Å²) < 4.78 is 11.7. The molecule has 3 aromatic rings. The number of amidine groups is 1. The lowest BCUT2D eigenvalue weighted by atomic mass is 9.93. The number of aliphatic imine (C=N–C) groups is 1. The minimum Gasteiger partial charge on any atom is -0.459 e. The van der Waals surface area contributed by atoms with E-state index in [1.165, 1.54) is 5.56 Å². The Bertz CT molecular complexity index is 1290. The molecule has 2 aliphatic rings. The van der Waals surface area contributed by atoms with E-state index in [1.54, 1.807) is 0 Å². The summed E-state index contributed by atoms with van der Waals surface area (Å²) in [5.41, 5.74) is 3.93. The predicted octanol–water partition coefficient (Wildman–Crippen LogP) is 5.80. The van der Waals surface area contributed by atoms with Crippen LogP contribution in [-0.4, -0.2) is 60.4 Å². The quantitative estimate of drug-likeness (QED) is 0.377. The summed E-state index contributed by atoms with van der Waals surface area (Å²) in [7, 11) is 0. The molecule has 38 heavy (non-hydrogen) atoms. The number of benzene rings is 3. The third-order valence-corrected chi connectivity index (χ3v) is 6.77. The average Bonchev–Trinajstić information content (AvgIpc) is 2.94. The monoisotopic (exact) mass is 509 g/mol. The topological polar surface area (TPSA) is 54.4 Å². The van der Waals surface area contributed by atoms with Crippen LogP contribution in [0, 0.1) is 0 Å². The lowest BCUT2D eigenvalue weighted by molar-refractivity contribution is -0.142. The number of nitrogens with zero attached hydrogens (tertiary/aromatic N) is 3. The predicted molar refractivity (Wildman–Crippen MR) is 151 cm³/mol. The number of rotatable bonds is 7. The van der Waals surface area contributed by atoms with Crippen LogP contribution in [0.5, 0.6) is 11.5 Å². The lowest BCUT2D eigenvalue weighted by Gasteiger charge is -2.38. The van der Waals surface area contributed by atoms with E-state index in [1.807, 2.05) is 74.5 Å². The number of carbonyl (C=O) groups is 1. The van der Waals surface area contributed by atoms with Gasteiger partial charge >= 0.3 is 5.97 Å². The van der Waals surface area contributed by atoms with E-state index in [2.05, 4.69) is 34.1 Å². The van der Waals surface area contributed by atoms with Gasteiger partial charge in [0.15, 0.2) is 0 Å². The van der Waals surface area contributed by atoms with Crippen LogP contribution in [0.15, 0.2) is 95.5 Å². The highest BCUT2D eigenvalue weighted by atomic mass is 16.5. The van der Waals surface area contributed by atoms with Gasteiger partial charge in [-0.2, -0.15) is 0 Å². The van der Waals surface area contributed by atoms with Crippen molar-refractivity contribution in [3.63, 3.8) is 0 Å². The fourth-order valence-electron chi connectivity index (χ4n) is 4.99. The maximum Gasteiger partial charge on any atom is 0.342 e. The second kappa shape index (κ2) is 12.1. The molecule has 0 aromatic heterocycles. The Morgan fingerprint density at radius 3 is 2.26 bits per heavy atom. The number of hydrogen-bond acceptors (Lipinski definition) is 6. The summed E-state index contributed by atoms with van der Waals surface area (Å²) in [6, 6.07) is 28.3. The zero-order valence-corrected chi connectivity index (χ0v) is 22.2.